The molecule has 5 nitrogen and oxygen atoms in total. The Hall–Kier alpha value is -0.980. The summed E-state index contributed by atoms with van der Waals surface area (Å²) in [4.78, 5) is 15.2. The molecule has 1 aliphatic heterocycles. The van der Waals surface area contributed by atoms with Crippen molar-refractivity contribution < 1.29 is 4.92 Å². The number of nitro groups is 1. The molecule has 1 aliphatic rings. The molecule has 1 fully saturated rings. The second-order valence-electron chi connectivity index (χ2n) is 5.51. The highest BCUT2D eigenvalue weighted by Crippen LogP contribution is 2.26. The summed E-state index contributed by atoms with van der Waals surface area (Å²) < 4.78 is 0.539. The van der Waals surface area contributed by atoms with Gasteiger partial charge < -0.3 is 4.90 Å². The van der Waals surface area contributed by atoms with Gasteiger partial charge in [0.15, 0.2) is 0 Å². The predicted molar refractivity (Wildman–Crippen MR) is 82.8 cm³/mol. The highest BCUT2D eigenvalue weighted by Gasteiger charge is 2.21. The van der Waals surface area contributed by atoms with Crippen molar-refractivity contribution in [1.29, 1.82) is 0 Å². The molecule has 2 rings (SSSR count). The van der Waals surface area contributed by atoms with E-state index >= 15 is 0 Å². The van der Waals surface area contributed by atoms with Crippen LogP contribution in [0.4, 0.5) is 5.69 Å². The Morgan fingerprint density at radius 2 is 2.05 bits per heavy atom. The van der Waals surface area contributed by atoms with Gasteiger partial charge in [0, 0.05) is 18.7 Å². The van der Waals surface area contributed by atoms with Crippen molar-refractivity contribution in [1.82, 2.24) is 9.80 Å². The van der Waals surface area contributed by atoms with Gasteiger partial charge in [-0.2, -0.15) is 0 Å². The van der Waals surface area contributed by atoms with Crippen molar-refractivity contribution in [3.63, 3.8) is 0 Å². The van der Waals surface area contributed by atoms with E-state index in [0.29, 0.717) is 10.5 Å². The van der Waals surface area contributed by atoms with E-state index in [1.54, 1.807) is 12.1 Å². The lowest BCUT2D eigenvalue weighted by atomic mass is 10.0. The maximum Gasteiger partial charge on any atom is 0.283 e. The zero-order valence-corrected chi connectivity index (χ0v) is 13.5. The lowest BCUT2D eigenvalue weighted by Crippen LogP contribution is -2.41. The summed E-state index contributed by atoms with van der Waals surface area (Å²) in [6.45, 7) is 2.88. The molecule has 0 N–H and O–H groups in total. The van der Waals surface area contributed by atoms with Crippen molar-refractivity contribution in [2.24, 2.45) is 0 Å². The van der Waals surface area contributed by atoms with Gasteiger partial charge in [0.2, 0.25) is 0 Å². The van der Waals surface area contributed by atoms with Crippen LogP contribution in [0.25, 0.3) is 0 Å². The smallest absolute Gasteiger partial charge is 0.283 e. The summed E-state index contributed by atoms with van der Waals surface area (Å²) in [6.07, 6.45) is 2.32. The minimum Gasteiger partial charge on any atom is -0.306 e. The van der Waals surface area contributed by atoms with Gasteiger partial charge in [0.05, 0.1) is 9.40 Å². The van der Waals surface area contributed by atoms with E-state index in [1.165, 1.54) is 0 Å². The van der Waals surface area contributed by atoms with Gasteiger partial charge in [-0.25, -0.2) is 0 Å². The lowest BCUT2D eigenvalue weighted by Gasteiger charge is -2.35. The second-order valence-corrected chi connectivity index (χ2v) is 6.37. The molecule has 1 heterocycles. The highest BCUT2D eigenvalue weighted by molar-refractivity contribution is 9.10. The van der Waals surface area contributed by atoms with Crippen LogP contribution >= 0.6 is 15.9 Å². The van der Waals surface area contributed by atoms with E-state index in [4.69, 9.17) is 0 Å². The van der Waals surface area contributed by atoms with Gasteiger partial charge >= 0.3 is 0 Å². The molecule has 1 aromatic carbocycles. The average Bonchev–Trinajstić information content (AvgIpc) is 2.41. The molecule has 0 radical (unpaired) electrons. The van der Waals surface area contributed by atoms with Crippen molar-refractivity contribution in [2.45, 2.75) is 25.4 Å². The van der Waals surface area contributed by atoms with Crippen molar-refractivity contribution in [2.75, 3.05) is 27.2 Å². The second kappa shape index (κ2) is 6.65. The Morgan fingerprint density at radius 3 is 2.60 bits per heavy atom. The van der Waals surface area contributed by atoms with Crippen molar-refractivity contribution >= 4 is 21.6 Å². The number of rotatable bonds is 4. The molecule has 0 aliphatic carbocycles. The summed E-state index contributed by atoms with van der Waals surface area (Å²) in [5.41, 5.74) is 1.15. The van der Waals surface area contributed by atoms with Gasteiger partial charge in [0.1, 0.15) is 0 Å². The van der Waals surface area contributed by atoms with E-state index in [1.807, 2.05) is 6.07 Å². The van der Waals surface area contributed by atoms with Crippen LogP contribution < -0.4 is 0 Å². The van der Waals surface area contributed by atoms with Crippen LogP contribution in [0.1, 0.15) is 18.4 Å². The van der Waals surface area contributed by atoms with Crippen LogP contribution in [0.2, 0.25) is 0 Å². The fourth-order valence-corrected chi connectivity index (χ4v) is 3.04. The van der Waals surface area contributed by atoms with Crippen LogP contribution in [0.5, 0.6) is 0 Å². The van der Waals surface area contributed by atoms with Crippen LogP contribution in [-0.4, -0.2) is 47.9 Å². The fraction of sp³-hybridized carbons (Fsp3) is 0.571. The molecule has 6 heteroatoms. The highest BCUT2D eigenvalue weighted by atomic mass is 79.9. The fourth-order valence-electron chi connectivity index (χ4n) is 2.65. The number of nitrogens with zero attached hydrogens (tertiary/aromatic N) is 3. The van der Waals surface area contributed by atoms with Gasteiger partial charge in [-0.15, -0.1) is 0 Å². The van der Waals surface area contributed by atoms with Gasteiger partial charge in [-0.1, -0.05) is 6.07 Å². The summed E-state index contributed by atoms with van der Waals surface area (Å²) in [5, 5.41) is 10.9. The third-order valence-electron chi connectivity index (χ3n) is 3.90. The minimum atomic E-state index is -0.341. The maximum atomic E-state index is 10.9. The Labute approximate surface area is 127 Å². The molecular weight excluding hydrogens is 322 g/mol. The first kappa shape index (κ1) is 15.4. The Kier molecular flexibility index (Phi) is 5.12. The number of likely N-dealkylation sites (tertiary alicyclic amines) is 1. The third-order valence-corrected chi connectivity index (χ3v) is 4.57. The zero-order chi connectivity index (χ0) is 14.7. The lowest BCUT2D eigenvalue weighted by molar-refractivity contribution is -0.385. The molecule has 0 aromatic heterocycles. The molecule has 110 valence electrons. The van der Waals surface area contributed by atoms with Gasteiger partial charge in [-0.3, -0.25) is 15.0 Å². The Bertz CT molecular complexity index is 485. The quantitative estimate of drug-likeness (QED) is 0.624. The molecule has 1 saturated heterocycles. The maximum absolute atomic E-state index is 10.9. The summed E-state index contributed by atoms with van der Waals surface area (Å²) in [6, 6.07) is 6.04. The monoisotopic (exact) mass is 341 g/mol. The molecule has 20 heavy (non-hydrogen) atoms. The summed E-state index contributed by atoms with van der Waals surface area (Å²) in [5.74, 6) is 0. The molecule has 0 atom stereocenters. The molecule has 0 bridgehead atoms. The van der Waals surface area contributed by atoms with Gasteiger partial charge in [0.25, 0.3) is 5.69 Å². The number of benzene rings is 1. The standard InChI is InChI=1S/C14H20BrN3O2/c1-16(2)12-5-7-17(8-6-12)10-11-3-4-13(15)14(9-11)18(19)20/h3-4,9,12H,5-8,10H2,1-2H3. The zero-order valence-electron chi connectivity index (χ0n) is 11.9. The SMILES string of the molecule is CN(C)C1CCN(Cc2ccc(Br)c([N+](=O)[O-])c2)CC1. The Morgan fingerprint density at radius 1 is 1.40 bits per heavy atom. The van der Waals surface area contributed by atoms with Crippen LogP contribution in [-0.2, 0) is 6.54 Å². The van der Waals surface area contributed by atoms with E-state index in [2.05, 4.69) is 39.8 Å². The van der Waals surface area contributed by atoms with Crippen LogP contribution in [0.3, 0.4) is 0 Å². The largest absolute Gasteiger partial charge is 0.306 e. The van der Waals surface area contributed by atoms with E-state index < -0.39 is 0 Å². The third kappa shape index (κ3) is 3.77. The summed E-state index contributed by atoms with van der Waals surface area (Å²) >= 11 is 3.22. The summed E-state index contributed by atoms with van der Waals surface area (Å²) in [7, 11) is 4.25. The van der Waals surface area contributed by atoms with E-state index in [0.717, 1.165) is 38.0 Å². The van der Waals surface area contributed by atoms with Gasteiger partial charge in [-0.05, 0) is 67.6 Å². The molecule has 1 aromatic rings. The first-order valence-electron chi connectivity index (χ1n) is 6.79. The van der Waals surface area contributed by atoms with E-state index in [9.17, 15) is 10.1 Å². The van der Waals surface area contributed by atoms with Crippen LogP contribution in [0, 0.1) is 10.1 Å². The molecule has 0 amide bonds. The topological polar surface area (TPSA) is 49.6 Å². The number of halogens is 1. The molecule has 0 saturated carbocycles. The van der Waals surface area contributed by atoms with Crippen LogP contribution in [0.15, 0.2) is 22.7 Å². The van der Waals surface area contributed by atoms with E-state index in [-0.39, 0.29) is 10.6 Å². The number of hydrogen-bond acceptors (Lipinski definition) is 4. The van der Waals surface area contributed by atoms with Crippen molar-refractivity contribution in [3.8, 4) is 0 Å². The number of piperidine rings is 1. The van der Waals surface area contributed by atoms with Crippen molar-refractivity contribution in [3.05, 3.63) is 38.3 Å². The normalized spacial score (nSPS) is 17.6. The minimum absolute atomic E-state index is 0.144. The molecular formula is C14H20BrN3O2. The molecule has 0 unspecified atom stereocenters. The Balaban J connectivity index is 1.98. The average molecular weight is 342 g/mol. The predicted octanol–water partition coefficient (Wildman–Crippen LogP) is 2.88. The molecule has 0 spiro atoms. The first-order chi connectivity index (χ1) is 9.47. The number of nitro benzene ring substituents is 1. The number of hydrogen-bond donors (Lipinski definition) is 0. The first-order valence-corrected chi connectivity index (χ1v) is 7.58.